The molecule has 766 valence electrons. The highest BCUT2D eigenvalue weighted by Crippen LogP contribution is 2.26. The minimum absolute atomic E-state index is 0.0257. The highest BCUT2D eigenvalue weighted by atomic mass is 32.2. The van der Waals surface area contributed by atoms with Gasteiger partial charge in [0.2, 0.25) is 100 Å². The van der Waals surface area contributed by atoms with Crippen LogP contribution in [0.15, 0.2) is 128 Å². The number of benzene rings is 4. The molecule has 16 atom stereocenters. The Morgan fingerprint density at radius 3 is 1.69 bits per heavy atom. The van der Waals surface area contributed by atoms with E-state index in [-0.39, 0.29) is 81.9 Å². The Morgan fingerprint density at radius 1 is 0.511 bits per heavy atom. The predicted molar refractivity (Wildman–Crippen MR) is 521 cm³/mol. The fraction of sp³-hybridized carbons (Fsp3) is 0.520. The van der Waals surface area contributed by atoms with Gasteiger partial charge in [0.25, 0.3) is 0 Å². The number of para-hydroxylation sites is 1. The summed E-state index contributed by atoms with van der Waals surface area (Å²) >= 11 is 0.813. The van der Waals surface area contributed by atoms with Gasteiger partial charge in [0.15, 0.2) is 0 Å². The number of nitrogens with zero attached hydrogens (tertiary/aromatic N) is 6. The molecule has 4 heterocycles. The molecule has 0 radical (unpaired) electrons. The first kappa shape index (κ1) is 112. The first-order valence-electron chi connectivity index (χ1n) is 47.5. The third kappa shape index (κ3) is 34.0. The third-order valence-corrected chi connectivity index (χ3v) is 25.8. The van der Waals surface area contributed by atoms with Crippen LogP contribution in [0.3, 0.4) is 0 Å². The van der Waals surface area contributed by atoms with Crippen molar-refractivity contribution in [2.45, 2.75) is 255 Å². The third-order valence-electron chi connectivity index (χ3n) is 24.8. The number of hydrogen-bond donors (Lipinski definition) is 18. The van der Waals surface area contributed by atoms with Gasteiger partial charge in [-0.3, -0.25) is 86.3 Å². The largest absolute Gasteiger partial charge is 0.508 e. The number of phenolic OH excluding ortho intramolecular Hbond substituents is 1. The van der Waals surface area contributed by atoms with E-state index in [4.69, 9.17) is 0 Å². The second kappa shape index (κ2) is 55.2. The number of phenols is 1. The zero-order valence-electron chi connectivity index (χ0n) is 81.7. The average Bonchev–Trinajstić information content (AvgIpc) is 1.80. The number of unbranched alkanes of at least 4 members (excludes halogenated alkanes) is 6. The summed E-state index contributed by atoms with van der Waals surface area (Å²) in [5.41, 5.74) is 2.82. The Morgan fingerprint density at radius 2 is 1.06 bits per heavy atom. The molecule has 2 saturated heterocycles. The number of aromatic hydroxyl groups is 1. The minimum Gasteiger partial charge on any atom is -0.508 e. The molecule has 0 spiro atoms. The second-order valence-electron chi connectivity index (χ2n) is 36.2. The number of aliphatic carboxylic acids is 1. The van der Waals surface area contributed by atoms with Gasteiger partial charge in [-0.15, -0.1) is 11.8 Å². The summed E-state index contributed by atoms with van der Waals surface area (Å²) in [5, 5.41) is 75.4. The van der Waals surface area contributed by atoms with Crippen LogP contribution in [0.5, 0.6) is 5.75 Å². The number of thioether (sulfide) groups is 1. The smallest absolute Gasteiger partial charge is 0.305 e. The topological polar surface area (TPSA) is 593 Å². The number of aliphatic hydroxyl groups is 2. The van der Waals surface area contributed by atoms with Gasteiger partial charge in [-0.05, 0) is 86.9 Å². The molecule has 0 bridgehead atoms. The van der Waals surface area contributed by atoms with Gasteiger partial charge in [-0.2, -0.15) is 0 Å². The SMILES string of the molecule is CCCCCCCCCC(=O)NCCNC(=O)[C@@H]1CSCC(=O)N[C@@H](Cc2c[nH]c3ccccc23)C(=O)N[C@@H]([C@@H](C)O)C(=O)N(C)CC(=O)N[C@@H](CC(=O)O)C(=O)N(C)[C@@H](Cc2ccccc2)C(=O)N(C)[C@@H](Cc2ccccc2)C(=O)N[C@@H](C)C(=O)N(C)[C@@H](C)C(=O)N[C@@H](Cc2cnc[nH]2)C(=O)N[C@@H](Cc2ccc(O)cc2)C(=O)N[C@@H](CC)C(=O)NC(C(C)C)C(=O)N2C[C@H](O)C[C@H]2C(=O)N[C@@H](C)C(=O)N1. The predicted octanol–water partition coefficient (Wildman–Crippen LogP) is -0.0398. The zero-order valence-corrected chi connectivity index (χ0v) is 82.5. The van der Waals surface area contributed by atoms with E-state index in [0.29, 0.717) is 45.3 Å². The van der Waals surface area contributed by atoms with Gasteiger partial charge in [0, 0.05) is 128 Å². The highest BCUT2D eigenvalue weighted by Gasteiger charge is 2.46. The van der Waals surface area contributed by atoms with Crippen molar-refractivity contribution in [1.82, 2.24) is 103 Å². The Bertz CT molecular complexity index is 5280. The standard InChI is InChI=1S/C98H136N20O22S/c1-13-15-16-17-18-19-26-35-79(122)100-40-41-101-87(129)75-53-141-54-81(124)106-72(45-64-49-102-70-34-28-27-33-68(64)70)91(133)113-84(60(8)119)97(139)114(9)52-80(123)107-74(48-82(125)126)95(137)117(12)78(44-62-31-24-21-25-32-62)96(138)116(11)76(43-61-29-22-20-23-30-61)92(134)105-58(6)94(136)115(10)59(7)86(128)109-73(46-65-50-99-55-103-65)90(132)110-71(42-63-36-38-66(120)39-37-63)89(131)108-69(14-2)88(130)112-83(56(3)4)98(140)118-51-67(121)47-77(118)93(135)104-57(5)85(127)111-75/h20-25,27-34,36-39,49-50,55-60,67,69,71-78,83-84,102,119-121H,13-19,26,35,40-48,51-54H2,1-12H3,(H,99,103)(H,100,122)(H,101,129)(H,104,135)(H,105,134)(H,106,124)(H,107,123)(H,108,131)(H,109,128)(H,110,132)(H,111,127)(H,112,130)(H,113,133)(H,125,126)/t57-,58-,59-,60+,67+,69-,71-,72-,73-,74-,75-,76-,77-,78-,83?,84-/m0/s1. The number of nitrogens with one attached hydrogen (secondary N) is 14. The molecule has 42 nitrogen and oxygen atoms in total. The normalized spacial score (nSPS) is 24.2. The van der Waals surface area contributed by atoms with Crippen molar-refractivity contribution in [2.24, 2.45) is 5.92 Å². The second-order valence-corrected chi connectivity index (χ2v) is 37.2. The maximum Gasteiger partial charge on any atom is 0.305 e. The van der Waals surface area contributed by atoms with Crippen LogP contribution in [0.2, 0.25) is 0 Å². The van der Waals surface area contributed by atoms with Crippen molar-refractivity contribution in [3.8, 4) is 5.75 Å². The molecule has 18 N–H and O–H groups in total. The maximum atomic E-state index is 15.6. The summed E-state index contributed by atoms with van der Waals surface area (Å²) in [6, 6.07) is 7.29. The number of carboxylic acids is 1. The Hall–Kier alpha value is -13.8. The lowest BCUT2D eigenvalue weighted by Gasteiger charge is -2.36. The lowest BCUT2D eigenvalue weighted by atomic mass is 9.99. The van der Waals surface area contributed by atoms with Crippen molar-refractivity contribution in [3.63, 3.8) is 0 Å². The summed E-state index contributed by atoms with van der Waals surface area (Å²) in [6.07, 6.45) is 5.36. The molecule has 2 aliphatic heterocycles. The first-order valence-corrected chi connectivity index (χ1v) is 48.7. The van der Waals surface area contributed by atoms with E-state index in [0.717, 1.165) is 88.8 Å². The lowest BCUT2D eigenvalue weighted by Crippen LogP contribution is -2.61. The average molecular weight is 1980 g/mol. The number of carbonyl (C=O) groups is 18. The number of amides is 17. The number of rotatable bonds is 27. The van der Waals surface area contributed by atoms with E-state index >= 15 is 14.4 Å². The van der Waals surface area contributed by atoms with Gasteiger partial charge in [-0.25, -0.2) is 4.98 Å². The summed E-state index contributed by atoms with van der Waals surface area (Å²) in [6.45, 7) is 10.4. The van der Waals surface area contributed by atoms with Crippen LogP contribution in [0.4, 0.5) is 0 Å². The number of fused-ring (bicyclic) bond motifs is 2. The summed E-state index contributed by atoms with van der Waals surface area (Å²) in [7, 11) is 4.82. The van der Waals surface area contributed by atoms with Gasteiger partial charge in [-0.1, -0.05) is 157 Å². The Labute approximate surface area is 823 Å². The van der Waals surface area contributed by atoms with Crippen LogP contribution in [0.25, 0.3) is 10.9 Å². The fourth-order valence-electron chi connectivity index (χ4n) is 16.4. The Balaban J connectivity index is 1.13. The molecule has 2 aliphatic rings. The molecule has 4 aromatic carbocycles. The number of aliphatic hydroxyl groups excluding tert-OH is 2. The quantitative estimate of drug-likeness (QED) is 0.0301. The molecule has 8 rings (SSSR count). The molecule has 1 unspecified atom stereocenters. The van der Waals surface area contributed by atoms with Crippen molar-refractivity contribution in [2.75, 3.05) is 65.9 Å². The summed E-state index contributed by atoms with van der Waals surface area (Å²) < 4.78 is 0. The fourth-order valence-corrected chi connectivity index (χ4v) is 17.2. The van der Waals surface area contributed by atoms with Crippen LogP contribution >= 0.6 is 11.8 Å². The van der Waals surface area contributed by atoms with Gasteiger partial charge in [0.1, 0.15) is 90.3 Å². The van der Waals surface area contributed by atoms with Crippen LogP contribution in [0, 0.1) is 5.92 Å². The number of carbonyl (C=O) groups excluding carboxylic acids is 17. The zero-order chi connectivity index (χ0) is 103. The van der Waals surface area contributed by atoms with Crippen molar-refractivity contribution >= 4 is 129 Å². The van der Waals surface area contributed by atoms with E-state index in [1.165, 1.54) is 78.7 Å². The molecular formula is C98H136N20O22S. The van der Waals surface area contributed by atoms with Crippen LogP contribution in [0.1, 0.15) is 154 Å². The molecule has 2 aromatic heterocycles. The van der Waals surface area contributed by atoms with Crippen molar-refractivity contribution < 1.29 is 107 Å². The van der Waals surface area contributed by atoms with Crippen LogP contribution in [-0.4, -0.2) is 329 Å². The molecular weight excluding hydrogens is 1840 g/mol. The molecule has 43 heteroatoms. The molecule has 2 fully saturated rings. The number of H-pyrrole nitrogens is 2. The van der Waals surface area contributed by atoms with E-state index in [2.05, 4.69) is 85.7 Å². The van der Waals surface area contributed by atoms with E-state index in [1.807, 2.05) is 0 Å². The number of likely N-dealkylation sites (N-methyl/N-ethyl adjacent to an activating group) is 4. The molecule has 6 aromatic rings. The van der Waals surface area contributed by atoms with E-state index in [9.17, 15) is 92.3 Å². The molecule has 141 heavy (non-hydrogen) atoms. The number of carboxylic acid groups (broad SMARTS) is 1. The van der Waals surface area contributed by atoms with Gasteiger partial charge < -0.3 is 119 Å². The maximum absolute atomic E-state index is 15.6. The molecule has 0 saturated carbocycles. The molecule has 17 amide bonds. The van der Waals surface area contributed by atoms with E-state index < -0.39 is 228 Å². The van der Waals surface area contributed by atoms with Crippen LogP contribution in [-0.2, 0) is 118 Å². The first-order chi connectivity index (χ1) is 67.1. The van der Waals surface area contributed by atoms with Crippen LogP contribution < -0.4 is 63.8 Å². The Kier molecular flexibility index (Phi) is 44.0. The van der Waals surface area contributed by atoms with E-state index in [1.54, 1.807) is 112 Å². The molecule has 0 aliphatic carbocycles. The van der Waals surface area contributed by atoms with Gasteiger partial charge in [0.05, 0.1) is 37.3 Å². The number of imidazole rings is 1. The van der Waals surface area contributed by atoms with Gasteiger partial charge >= 0.3 is 5.97 Å². The number of hydrogen-bond acceptors (Lipinski definition) is 23. The monoisotopic (exact) mass is 1980 g/mol. The number of aromatic amines is 2. The van der Waals surface area contributed by atoms with Crippen molar-refractivity contribution in [1.29, 1.82) is 0 Å². The number of aromatic nitrogens is 3. The summed E-state index contributed by atoms with van der Waals surface area (Å²) in [5.74, 6) is -18.9. The highest BCUT2D eigenvalue weighted by molar-refractivity contribution is 8.00. The van der Waals surface area contributed by atoms with Crippen molar-refractivity contribution in [3.05, 3.63) is 156 Å². The summed E-state index contributed by atoms with van der Waals surface area (Å²) in [4.78, 5) is 277. The lowest BCUT2D eigenvalue weighted by molar-refractivity contribution is -0.150. The minimum atomic E-state index is -1.98.